The van der Waals surface area contributed by atoms with Crippen LogP contribution < -0.4 is 14.7 Å². The summed E-state index contributed by atoms with van der Waals surface area (Å²) >= 11 is 0. The topological polar surface area (TPSA) is 9.72 Å². The number of benzene rings is 13. The maximum absolute atomic E-state index is 2.45. The lowest BCUT2D eigenvalue weighted by molar-refractivity contribution is 0.356. The molecule has 0 N–H and O–H groups in total. The van der Waals surface area contributed by atoms with E-state index in [4.69, 9.17) is 0 Å². The average Bonchev–Trinajstić information content (AvgIpc) is 0.731. The quantitative estimate of drug-likeness (QED) is 0.0747. The number of hydrogen-bond donors (Lipinski definition) is 0. The van der Waals surface area contributed by atoms with Crippen LogP contribution in [0.2, 0.25) is 0 Å². The molecule has 3 nitrogen and oxygen atoms in total. The van der Waals surface area contributed by atoms with E-state index in [0.717, 1.165) is 99.9 Å². The van der Waals surface area contributed by atoms with Crippen molar-refractivity contribution in [1.29, 1.82) is 0 Å². The molecule has 0 bridgehead atoms. The van der Waals surface area contributed by atoms with E-state index in [1.807, 2.05) is 0 Å². The lowest BCUT2D eigenvalue weighted by atomic mass is 9.85. The highest BCUT2D eigenvalue weighted by molar-refractivity contribution is 5.82. The number of nitrogens with zero attached hydrogens (tertiary/aromatic N) is 3. The zero-order chi connectivity index (χ0) is 72.2. The van der Waals surface area contributed by atoms with E-state index in [2.05, 4.69) is 379 Å². The van der Waals surface area contributed by atoms with Gasteiger partial charge in [0.2, 0.25) is 0 Å². The predicted molar refractivity (Wildman–Crippen MR) is 459 cm³/mol. The zero-order valence-corrected chi connectivity index (χ0v) is 61.9. The average molecular weight is 1400 g/mol. The Bertz CT molecular complexity index is 5860. The summed E-state index contributed by atoms with van der Waals surface area (Å²) in [7, 11) is 0. The molecule has 0 spiro atoms. The Kier molecular flexibility index (Phi) is 20.9. The van der Waals surface area contributed by atoms with Crippen LogP contribution in [0.15, 0.2) is 327 Å². The SMILES string of the molecule is C(=Cc1ccc(N(c2ccccc2)c2ccc3c(c2)=c2ccccc2=c2ccc(N(c4ccccc4)c4ccc(C=Cc5ccc(CC6CCCCC6)cc5)cc4)cc2=c2ccc(N(c4ccccc4)c4ccc(C=Cc5ccc(C=C6CCCCC6)cc5)cc4)cc2=3)cc1)c1ccc(C=C2CCCCC2)cc1. The van der Waals surface area contributed by atoms with Gasteiger partial charge in [-0.25, -0.2) is 0 Å². The molecule has 3 heteroatoms. The van der Waals surface area contributed by atoms with Crippen molar-refractivity contribution >= 4 is 99.8 Å². The number of para-hydroxylation sites is 3. The lowest BCUT2D eigenvalue weighted by Crippen LogP contribution is -2.11. The first kappa shape index (κ1) is 69.0. The minimum Gasteiger partial charge on any atom is -0.310 e. The Morgan fingerprint density at radius 1 is 0.213 bits per heavy atom. The molecule has 13 aromatic carbocycles. The van der Waals surface area contributed by atoms with Gasteiger partial charge in [-0.15, -0.1) is 0 Å². The number of allylic oxidation sites excluding steroid dienone is 2. The molecule has 0 aliphatic heterocycles. The minimum atomic E-state index is 0.827. The molecule has 528 valence electrons. The van der Waals surface area contributed by atoms with Gasteiger partial charge in [0, 0.05) is 51.2 Å². The van der Waals surface area contributed by atoms with Gasteiger partial charge in [-0.3, -0.25) is 0 Å². The van der Waals surface area contributed by atoms with Crippen LogP contribution in [-0.2, 0) is 6.42 Å². The summed E-state index contributed by atoms with van der Waals surface area (Å²) in [6.07, 6.45) is 39.2. The fraction of sp³-hybridized carbons (Fsp3) is 0.162. The molecule has 0 amide bonds. The molecule has 17 rings (SSSR count). The lowest BCUT2D eigenvalue weighted by Gasteiger charge is -2.26. The second-order valence-corrected chi connectivity index (χ2v) is 30.0. The number of anilines is 9. The smallest absolute Gasteiger partial charge is 0.0468 e. The van der Waals surface area contributed by atoms with Gasteiger partial charge in [-0.05, 0) is 265 Å². The van der Waals surface area contributed by atoms with Crippen molar-refractivity contribution < 1.29 is 0 Å². The molecular weight excluding hydrogens is 1300 g/mol. The Labute approximate surface area is 637 Å². The van der Waals surface area contributed by atoms with Gasteiger partial charge in [0.1, 0.15) is 0 Å². The molecule has 0 aromatic heterocycles. The van der Waals surface area contributed by atoms with Crippen molar-refractivity contribution in [2.75, 3.05) is 14.7 Å². The summed E-state index contributed by atoms with van der Waals surface area (Å²) in [6.45, 7) is 0. The van der Waals surface area contributed by atoms with Crippen LogP contribution in [0.4, 0.5) is 51.2 Å². The zero-order valence-electron chi connectivity index (χ0n) is 61.9. The molecule has 13 aromatic rings. The van der Waals surface area contributed by atoms with E-state index in [-0.39, 0.29) is 0 Å². The standard InChI is InChI=1S/C105H93N3/c1-7-21-83(22-8-1)71-86-47-41-77(42-48-86)35-38-80-53-59-92(60-54-80)106(89-27-13-4-14-28-89)95-65-68-100-98-33-19-20-34-99(98)103-74-96(107(90-29-15-5-16-30-90)93-61-55-81(56-62-93)39-36-78-43-49-87(50-44-78)72-84-23-9-2-10-24-84)66-69-101(103)105-76-97(67-70-102(105)104(100)75-95)108(91-31-17-6-18-32-91)94-63-57-82(58-64-94)40-37-79-45-51-88(52-46-79)73-85-25-11-3-12-26-85/h4-6,13-20,27-70,72-76,83H,1-3,7-12,21-26,71H2. The number of rotatable bonds is 19. The Morgan fingerprint density at radius 2 is 0.463 bits per heavy atom. The van der Waals surface area contributed by atoms with Gasteiger partial charge in [-0.2, -0.15) is 0 Å². The highest BCUT2D eigenvalue weighted by Crippen LogP contribution is 2.41. The first-order valence-corrected chi connectivity index (χ1v) is 39.6. The van der Waals surface area contributed by atoms with Gasteiger partial charge in [0.15, 0.2) is 0 Å². The molecule has 0 radical (unpaired) electrons. The monoisotopic (exact) mass is 1400 g/mol. The maximum Gasteiger partial charge on any atom is 0.0468 e. The first-order chi connectivity index (χ1) is 53.5. The van der Waals surface area contributed by atoms with Crippen LogP contribution in [0.1, 0.15) is 146 Å². The second-order valence-electron chi connectivity index (χ2n) is 30.0. The van der Waals surface area contributed by atoms with Crippen LogP contribution in [0.5, 0.6) is 0 Å². The normalized spacial score (nSPS) is 14.3. The third-order valence-electron chi connectivity index (χ3n) is 22.6. The summed E-state index contributed by atoms with van der Waals surface area (Å²) < 4.78 is 0. The van der Waals surface area contributed by atoms with Gasteiger partial charge in [-0.1, -0.05) is 311 Å². The highest BCUT2D eigenvalue weighted by Gasteiger charge is 2.20. The molecule has 0 heterocycles. The summed E-state index contributed by atoms with van der Waals surface area (Å²) in [5.74, 6) is 0.827. The molecule has 0 saturated heterocycles. The summed E-state index contributed by atoms with van der Waals surface area (Å²) in [5.41, 5.74) is 23.9. The number of fused-ring (bicyclic) bond motifs is 4. The fourth-order valence-corrected chi connectivity index (χ4v) is 16.9. The Hall–Kier alpha value is -12.0. The van der Waals surface area contributed by atoms with Crippen LogP contribution in [0.3, 0.4) is 0 Å². The number of hydrogen-bond acceptors (Lipinski definition) is 3. The molecule has 108 heavy (non-hydrogen) atoms. The van der Waals surface area contributed by atoms with E-state index >= 15 is 0 Å². The molecule has 0 atom stereocenters. The van der Waals surface area contributed by atoms with Crippen molar-refractivity contribution in [3.8, 4) is 0 Å². The Morgan fingerprint density at radius 3 is 0.806 bits per heavy atom. The third-order valence-corrected chi connectivity index (χ3v) is 22.6. The maximum atomic E-state index is 2.45. The largest absolute Gasteiger partial charge is 0.310 e. The van der Waals surface area contributed by atoms with Gasteiger partial charge < -0.3 is 14.7 Å². The van der Waals surface area contributed by atoms with E-state index < -0.39 is 0 Å². The van der Waals surface area contributed by atoms with E-state index in [1.165, 1.54) is 152 Å². The van der Waals surface area contributed by atoms with Gasteiger partial charge >= 0.3 is 0 Å². The van der Waals surface area contributed by atoms with E-state index in [1.54, 1.807) is 11.1 Å². The first-order valence-electron chi connectivity index (χ1n) is 39.6. The van der Waals surface area contributed by atoms with Crippen molar-refractivity contribution in [2.45, 2.75) is 103 Å². The van der Waals surface area contributed by atoms with Crippen LogP contribution in [0.25, 0.3) is 48.6 Å². The molecule has 4 aliphatic rings. The predicted octanol–water partition coefficient (Wildman–Crippen LogP) is 28.9. The van der Waals surface area contributed by atoms with Crippen molar-refractivity contribution in [2.24, 2.45) is 5.92 Å². The van der Waals surface area contributed by atoms with Crippen molar-refractivity contribution in [1.82, 2.24) is 0 Å². The second kappa shape index (κ2) is 32.8. The van der Waals surface area contributed by atoms with Crippen LogP contribution in [0, 0.1) is 47.7 Å². The van der Waals surface area contributed by atoms with Crippen LogP contribution in [-0.4, -0.2) is 0 Å². The highest BCUT2D eigenvalue weighted by atomic mass is 15.2. The Balaban J connectivity index is 0.790. The van der Waals surface area contributed by atoms with E-state index in [0.29, 0.717) is 0 Å². The van der Waals surface area contributed by atoms with Crippen molar-refractivity contribution in [3.05, 3.63) is 418 Å². The van der Waals surface area contributed by atoms with Crippen molar-refractivity contribution in [3.63, 3.8) is 0 Å². The van der Waals surface area contributed by atoms with E-state index in [9.17, 15) is 0 Å². The molecule has 4 aliphatic carbocycles. The fourth-order valence-electron chi connectivity index (χ4n) is 16.9. The third kappa shape index (κ3) is 16.0. The van der Waals surface area contributed by atoms with Crippen LogP contribution >= 0.6 is 0 Å². The molecule has 3 saturated carbocycles. The summed E-state index contributed by atoms with van der Waals surface area (Å²) in [5, 5.41) is 9.27. The van der Waals surface area contributed by atoms with Gasteiger partial charge in [0.05, 0.1) is 0 Å². The molecular formula is C105H93N3. The summed E-state index contributed by atoms with van der Waals surface area (Å²) in [4.78, 5) is 7.24. The van der Waals surface area contributed by atoms with Gasteiger partial charge in [0.25, 0.3) is 0 Å². The minimum absolute atomic E-state index is 0.827. The molecule has 3 fully saturated rings. The summed E-state index contributed by atoms with van der Waals surface area (Å²) in [6, 6.07) is 118. The molecule has 0 unspecified atom stereocenters.